The second kappa shape index (κ2) is 5.01. The Bertz CT molecular complexity index is 355. The molecule has 0 fully saturated rings. The van der Waals surface area contributed by atoms with Crippen molar-refractivity contribution in [2.24, 2.45) is 0 Å². The molecule has 0 aliphatic rings. The first-order valence-electron chi connectivity index (χ1n) is 5.62. The molecular formula is C13H20N2O. The molecular weight excluding hydrogens is 200 g/mol. The van der Waals surface area contributed by atoms with Crippen LogP contribution in [0.2, 0.25) is 0 Å². The smallest absolute Gasteiger partial charge is 0.251 e. The van der Waals surface area contributed by atoms with Gasteiger partial charge in [-0.1, -0.05) is 13.3 Å². The number of nitrogens with two attached hydrogens (primary N) is 1. The molecule has 88 valence electrons. The summed E-state index contributed by atoms with van der Waals surface area (Å²) in [5.74, 6) is -0.0431. The van der Waals surface area contributed by atoms with Crippen LogP contribution in [-0.2, 0) is 0 Å². The van der Waals surface area contributed by atoms with Gasteiger partial charge in [-0.25, -0.2) is 0 Å². The number of nitrogen functional groups attached to an aromatic ring is 1. The van der Waals surface area contributed by atoms with Crippen molar-refractivity contribution in [3.63, 3.8) is 0 Å². The van der Waals surface area contributed by atoms with E-state index in [0.717, 1.165) is 12.8 Å². The topological polar surface area (TPSA) is 55.1 Å². The van der Waals surface area contributed by atoms with Crippen molar-refractivity contribution >= 4 is 11.6 Å². The van der Waals surface area contributed by atoms with Gasteiger partial charge in [-0.3, -0.25) is 4.79 Å². The second-order valence-electron chi connectivity index (χ2n) is 4.71. The molecule has 1 aromatic carbocycles. The molecule has 1 aromatic rings. The highest BCUT2D eigenvalue weighted by molar-refractivity contribution is 5.94. The van der Waals surface area contributed by atoms with Crippen molar-refractivity contribution in [2.45, 2.75) is 39.2 Å². The van der Waals surface area contributed by atoms with Crippen LogP contribution in [0.25, 0.3) is 0 Å². The standard InChI is InChI=1S/C13H20N2O/c1-4-9-13(2,3)15-12(16)10-5-7-11(14)8-6-10/h5-8H,4,9,14H2,1-3H3,(H,15,16). The third-order valence-electron chi connectivity index (χ3n) is 2.50. The quantitative estimate of drug-likeness (QED) is 0.766. The Balaban J connectivity index is 2.69. The molecule has 0 aliphatic heterocycles. The van der Waals surface area contributed by atoms with Gasteiger partial charge in [0, 0.05) is 16.8 Å². The molecule has 0 unspecified atom stereocenters. The highest BCUT2D eigenvalue weighted by atomic mass is 16.1. The average molecular weight is 220 g/mol. The van der Waals surface area contributed by atoms with Gasteiger partial charge < -0.3 is 11.1 Å². The van der Waals surface area contributed by atoms with Crippen molar-refractivity contribution in [2.75, 3.05) is 5.73 Å². The van der Waals surface area contributed by atoms with Gasteiger partial charge in [-0.05, 0) is 44.5 Å². The van der Waals surface area contributed by atoms with Gasteiger partial charge in [0.15, 0.2) is 0 Å². The summed E-state index contributed by atoms with van der Waals surface area (Å²) in [6.45, 7) is 6.18. The molecule has 0 spiro atoms. The minimum absolute atomic E-state index is 0.0431. The van der Waals surface area contributed by atoms with Crippen LogP contribution < -0.4 is 11.1 Å². The number of carbonyl (C=O) groups is 1. The number of nitrogens with one attached hydrogen (secondary N) is 1. The number of hydrogen-bond donors (Lipinski definition) is 2. The van der Waals surface area contributed by atoms with Crippen molar-refractivity contribution in [1.29, 1.82) is 0 Å². The van der Waals surface area contributed by atoms with Crippen LogP contribution in [0.5, 0.6) is 0 Å². The summed E-state index contributed by atoms with van der Waals surface area (Å²) in [4.78, 5) is 11.9. The fraction of sp³-hybridized carbons (Fsp3) is 0.462. The van der Waals surface area contributed by atoms with Gasteiger partial charge in [0.25, 0.3) is 5.91 Å². The van der Waals surface area contributed by atoms with Gasteiger partial charge >= 0.3 is 0 Å². The van der Waals surface area contributed by atoms with Gasteiger partial charge in [-0.15, -0.1) is 0 Å². The first-order chi connectivity index (χ1) is 7.44. The molecule has 3 N–H and O–H groups in total. The number of amides is 1. The lowest BCUT2D eigenvalue weighted by Crippen LogP contribution is -2.43. The Labute approximate surface area is 97.0 Å². The summed E-state index contributed by atoms with van der Waals surface area (Å²) in [7, 11) is 0. The SMILES string of the molecule is CCCC(C)(C)NC(=O)c1ccc(N)cc1. The summed E-state index contributed by atoms with van der Waals surface area (Å²) in [6, 6.07) is 6.96. The maximum absolute atomic E-state index is 11.9. The lowest BCUT2D eigenvalue weighted by atomic mass is 9.98. The van der Waals surface area contributed by atoms with E-state index in [1.807, 2.05) is 13.8 Å². The Morgan fingerprint density at radius 3 is 2.38 bits per heavy atom. The van der Waals surface area contributed by atoms with E-state index in [1.165, 1.54) is 0 Å². The molecule has 0 bridgehead atoms. The Morgan fingerprint density at radius 2 is 1.88 bits per heavy atom. The minimum Gasteiger partial charge on any atom is -0.399 e. The van der Waals surface area contributed by atoms with Crippen LogP contribution in [0.15, 0.2) is 24.3 Å². The molecule has 1 rings (SSSR count). The van der Waals surface area contributed by atoms with E-state index >= 15 is 0 Å². The zero-order chi connectivity index (χ0) is 12.2. The number of carbonyl (C=O) groups excluding carboxylic acids is 1. The molecule has 0 aliphatic carbocycles. The van der Waals surface area contributed by atoms with E-state index in [0.29, 0.717) is 11.3 Å². The zero-order valence-corrected chi connectivity index (χ0v) is 10.2. The lowest BCUT2D eigenvalue weighted by molar-refractivity contribution is 0.0909. The molecule has 3 heteroatoms. The van der Waals surface area contributed by atoms with Crippen molar-refractivity contribution < 1.29 is 4.79 Å². The summed E-state index contributed by atoms with van der Waals surface area (Å²) in [6.07, 6.45) is 2.02. The monoisotopic (exact) mass is 220 g/mol. The summed E-state index contributed by atoms with van der Waals surface area (Å²) in [5, 5.41) is 3.01. The van der Waals surface area contributed by atoms with Gasteiger partial charge in [-0.2, -0.15) is 0 Å². The predicted octanol–water partition coefficient (Wildman–Crippen LogP) is 2.58. The number of anilines is 1. The van der Waals surface area contributed by atoms with E-state index in [1.54, 1.807) is 24.3 Å². The van der Waals surface area contributed by atoms with Gasteiger partial charge in [0.1, 0.15) is 0 Å². The highest BCUT2D eigenvalue weighted by Gasteiger charge is 2.19. The molecule has 16 heavy (non-hydrogen) atoms. The van der Waals surface area contributed by atoms with E-state index < -0.39 is 0 Å². The summed E-state index contributed by atoms with van der Waals surface area (Å²) >= 11 is 0. The fourth-order valence-electron chi connectivity index (χ4n) is 1.70. The van der Waals surface area contributed by atoms with E-state index in [4.69, 9.17) is 5.73 Å². The molecule has 0 saturated heterocycles. The lowest BCUT2D eigenvalue weighted by Gasteiger charge is -2.25. The van der Waals surface area contributed by atoms with Crippen LogP contribution in [0.1, 0.15) is 44.0 Å². The van der Waals surface area contributed by atoms with Crippen molar-refractivity contribution in [1.82, 2.24) is 5.32 Å². The Morgan fingerprint density at radius 1 is 1.31 bits per heavy atom. The third-order valence-corrected chi connectivity index (χ3v) is 2.50. The van der Waals surface area contributed by atoms with Gasteiger partial charge in [0.2, 0.25) is 0 Å². The zero-order valence-electron chi connectivity index (χ0n) is 10.2. The van der Waals surface area contributed by atoms with Crippen LogP contribution >= 0.6 is 0 Å². The largest absolute Gasteiger partial charge is 0.399 e. The number of benzene rings is 1. The summed E-state index contributed by atoms with van der Waals surface area (Å²) in [5.41, 5.74) is 6.73. The molecule has 1 amide bonds. The van der Waals surface area contributed by atoms with Crippen LogP contribution in [0, 0.1) is 0 Å². The second-order valence-corrected chi connectivity index (χ2v) is 4.71. The first-order valence-corrected chi connectivity index (χ1v) is 5.62. The molecule has 3 nitrogen and oxygen atoms in total. The molecule has 0 saturated carbocycles. The first kappa shape index (κ1) is 12.6. The Hall–Kier alpha value is -1.51. The van der Waals surface area contributed by atoms with Crippen molar-refractivity contribution in [3.05, 3.63) is 29.8 Å². The number of rotatable bonds is 4. The minimum atomic E-state index is -0.160. The molecule has 0 radical (unpaired) electrons. The van der Waals surface area contributed by atoms with Crippen LogP contribution in [0.3, 0.4) is 0 Å². The fourth-order valence-corrected chi connectivity index (χ4v) is 1.70. The highest BCUT2D eigenvalue weighted by Crippen LogP contribution is 2.13. The van der Waals surface area contributed by atoms with Crippen LogP contribution in [-0.4, -0.2) is 11.4 Å². The third kappa shape index (κ3) is 3.57. The normalized spacial score (nSPS) is 11.2. The van der Waals surface area contributed by atoms with E-state index in [-0.39, 0.29) is 11.4 Å². The van der Waals surface area contributed by atoms with E-state index in [9.17, 15) is 4.79 Å². The predicted molar refractivity (Wildman–Crippen MR) is 67.3 cm³/mol. The summed E-state index contributed by atoms with van der Waals surface area (Å²) < 4.78 is 0. The molecule has 0 aromatic heterocycles. The maximum atomic E-state index is 11.9. The molecule has 0 atom stereocenters. The Kier molecular flexibility index (Phi) is 3.93. The van der Waals surface area contributed by atoms with Gasteiger partial charge in [0.05, 0.1) is 0 Å². The van der Waals surface area contributed by atoms with Crippen LogP contribution in [0.4, 0.5) is 5.69 Å². The number of hydrogen-bond acceptors (Lipinski definition) is 2. The maximum Gasteiger partial charge on any atom is 0.251 e. The average Bonchev–Trinajstić information content (AvgIpc) is 2.17. The van der Waals surface area contributed by atoms with Crippen molar-refractivity contribution in [3.8, 4) is 0 Å². The molecule has 0 heterocycles. The van der Waals surface area contributed by atoms with E-state index in [2.05, 4.69) is 12.2 Å².